The largest absolute Gasteiger partial charge is 0.454 e. The van der Waals surface area contributed by atoms with E-state index in [0.717, 1.165) is 11.1 Å². The van der Waals surface area contributed by atoms with Crippen LogP contribution in [0.1, 0.15) is 18.1 Å². The molecular formula is C21H24N2O4. The smallest absolute Gasteiger partial charge is 0.325 e. The van der Waals surface area contributed by atoms with Crippen LogP contribution in [-0.2, 0) is 32.1 Å². The Kier molecular flexibility index (Phi) is 8.03. The van der Waals surface area contributed by atoms with Gasteiger partial charge >= 0.3 is 5.97 Å². The maximum Gasteiger partial charge on any atom is 0.325 e. The van der Waals surface area contributed by atoms with Gasteiger partial charge in [0.25, 0.3) is 5.91 Å². The molecule has 0 atom stereocenters. The van der Waals surface area contributed by atoms with Crippen molar-refractivity contribution in [2.45, 2.75) is 19.9 Å². The summed E-state index contributed by atoms with van der Waals surface area (Å²) in [7, 11) is 0. The van der Waals surface area contributed by atoms with E-state index in [0.29, 0.717) is 19.5 Å². The van der Waals surface area contributed by atoms with Crippen molar-refractivity contribution in [3.8, 4) is 0 Å². The Morgan fingerprint density at radius 3 is 2.11 bits per heavy atom. The summed E-state index contributed by atoms with van der Waals surface area (Å²) >= 11 is 0. The first-order valence-electron chi connectivity index (χ1n) is 8.80. The predicted molar refractivity (Wildman–Crippen MR) is 102 cm³/mol. The summed E-state index contributed by atoms with van der Waals surface area (Å²) in [6.45, 7) is 1.67. The minimum atomic E-state index is -0.638. The highest BCUT2D eigenvalue weighted by Gasteiger charge is 2.16. The number of benzene rings is 2. The molecule has 0 saturated heterocycles. The molecule has 142 valence electrons. The molecule has 0 aliphatic carbocycles. The lowest BCUT2D eigenvalue weighted by molar-refractivity contribution is -0.152. The van der Waals surface area contributed by atoms with E-state index in [2.05, 4.69) is 5.32 Å². The maximum atomic E-state index is 12.6. The fourth-order valence-electron chi connectivity index (χ4n) is 2.49. The molecule has 2 rings (SSSR count). The van der Waals surface area contributed by atoms with Gasteiger partial charge in [0.1, 0.15) is 6.54 Å². The molecule has 0 fully saturated rings. The molecule has 0 bridgehead atoms. The highest BCUT2D eigenvalue weighted by atomic mass is 16.5. The number of amides is 2. The minimum Gasteiger partial charge on any atom is -0.454 e. The zero-order chi connectivity index (χ0) is 19.5. The number of ether oxygens (including phenoxy) is 1. The summed E-state index contributed by atoms with van der Waals surface area (Å²) in [6, 6.07) is 19.6. The number of carbonyl (C=O) groups excluding carboxylic acids is 3. The number of hydrogen-bond acceptors (Lipinski definition) is 4. The van der Waals surface area contributed by atoms with Gasteiger partial charge in [0.2, 0.25) is 5.91 Å². The second-order valence-electron chi connectivity index (χ2n) is 6.11. The van der Waals surface area contributed by atoms with Crippen LogP contribution < -0.4 is 5.32 Å². The van der Waals surface area contributed by atoms with Crippen LogP contribution in [0.5, 0.6) is 0 Å². The summed E-state index contributed by atoms with van der Waals surface area (Å²) in [5, 5.41) is 2.35. The standard InChI is InChI=1S/C21H24N2O4/c1-17(24)22-14-21(26)27-16-20(25)23(15-19-10-6-3-7-11-19)13-12-18-8-4-2-5-9-18/h2-11H,12-16H2,1H3,(H,22,24). The molecule has 6 heteroatoms. The van der Waals surface area contributed by atoms with E-state index in [1.807, 2.05) is 60.7 Å². The lowest BCUT2D eigenvalue weighted by Gasteiger charge is -2.23. The van der Waals surface area contributed by atoms with Crippen LogP contribution in [0, 0.1) is 0 Å². The lowest BCUT2D eigenvalue weighted by atomic mass is 10.1. The second-order valence-corrected chi connectivity index (χ2v) is 6.11. The maximum absolute atomic E-state index is 12.6. The highest BCUT2D eigenvalue weighted by Crippen LogP contribution is 2.08. The van der Waals surface area contributed by atoms with Gasteiger partial charge in [0.15, 0.2) is 6.61 Å². The zero-order valence-electron chi connectivity index (χ0n) is 15.4. The van der Waals surface area contributed by atoms with E-state index < -0.39 is 5.97 Å². The van der Waals surface area contributed by atoms with Crippen LogP contribution in [-0.4, -0.2) is 42.4 Å². The third-order valence-electron chi connectivity index (χ3n) is 3.92. The monoisotopic (exact) mass is 368 g/mol. The van der Waals surface area contributed by atoms with Crippen molar-refractivity contribution in [2.75, 3.05) is 19.7 Å². The van der Waals surface area contributed by atoms with Gasteiger partial charge in [-0.05, 0) is 17.5 Å². The molecule has 0 aliphatic heterocycles. The van der Waals surface area contributed by atoms with E-state index in [9.17, 15) is 14.4 Å². The molecule has 0 unspecified atom stereocenters. The number of hydrogen-bond donors (Lipinski definition) is 1. The van der Waals surface area contributed by atoms with Gasteiger partial charge in [-0.1, -0.05) is 60.7 Å². The predicted octanol–water partition coefficient (Wildman–Crippen LogP) is 1.94. The number of esters is 1. The fourth-order valence-corrected chi connectivity index (χ4v) is 2.49. The van der Waals surface area contributed by atoms with Crippen LogP contribution >= 0.6 is 0 Å². The molecule has 1 N–H and O–H groups in total. The van der Waals surface area contributed by atoms with Gasteiger partial charge in [0.05, 0.1) is 0 Å². The van der Waals surface area contributed by atoms with Crippen LogP contribution in [0.4, 0.5) is 0 Å². The van der Waals surface area contributed by atoms with E-state index in [1.165, 1.54) is 6.92 Å². The molecule has 27 heavy (non-hydrogen) atoms. The van der Waals surface area contributed by atoms with Gasteiger partial charge in [-0.25, -0.2) is 0 Å². The van der Waals surface area contributed by atoms with Gasteiger partial charge in [-0.15, -0.1) is 0 Å². The molecule has 2 aromatic carbocycles. The number of rotatable bonds is 9. The summed E-state index contributed by atoms with van der Waals surface area (Å²) < 4.78 is 4.98. The second kappa shape index (κ2) is 10.8. The average Bonchev–Trinajstić information content (AvgIpc) is 2.69. The quantitative estimate of drug-likeness (QED) is 0.687. The molecule has 2 amide bonds. The molecule has 0 aliphatic rings. The summed E-state index contributed by atoms with van der Waals surface area (Å²) in [5.41, 5.74) is 2.13. The summed E-state index contributed by atoms with van der Waals surface area (Å²) in [6.07, 6.45) is 0.708. The first kappa shape index (κ1) is 20.2. The Hall–Kier alpha value is -3.15. The van der Waals surface area contributed by atoms with Crippen molar-refractivity contribution in [3.05, 3.63) is 71.8 Å². The lowest BCUT2D eigenvalue weighted by Crippen LogP contribution is -2.37. The SMILES string of the molecule is CC(=O)NCC(=O)OCC(=O)N(CCc1ccccc1)Cc1ccccc1. The summed E-state index contributed by atoms with van der Waals surface area (Å²) in [5.74, 6) is -1.24. The van der Waals surface area contributed by atoms with Crippen LogP contribution in [0.3, 0.4) is 0 Å². The third-order valence-corrected chi connectivity index (χ3v) is 3.92. The third kappa shape index (κ3) is 7.73. The molecule has 0 radical (unpaired) electrons. The van der Waals surface area contributed by atoms with Gasteiger partial charge in [0, 0.05) is 20.0 Å². The van der Waals surface area contributed by atoms with E-state index in [-0.39, 0.29) is 25.0 Å². The number of nitrogens with one attached hydrogen (secondary N) is 1. The van der Waals surface area contributed by atoms with Crippen molar-refractivity contribution in [2.24, 2.45) is 0 Å². The molecular weight excluding hydrogens is 344 g/mol. The Morgan fingerprint density at radius 2 is 1.52 bits per heavy atom. The first-order chi connectivity index (χ1) is 13.0. The van der Waals surface area contributed by atoms with Gasteiger partial charge < -0.3 is 15.0 Å². The van der Waals surface area contributed by atoms with Crippen molar-refractivity contribution < 1.29 is 19.1 Å². The normalized spacial score (nSPS) is 10.1. The van der Waals surface area contributed by atoms with Crippen molar-refractivity contribution >= 4 is 17.8 Å². The van der Waals surface area contributed by atoms with Crippen molar-refractivity contribution in [3.63, 3.8) is 0 Å². The first-order valence-corrected chi connectivity index (χ1v) is 8.80. The fraction of sp³-hybridized carbons (Fsp3) is 0.286. The van der Waals surface area contributed by atoms with Crippen LogP contribution in [0.2, 0.25) is 0 Å². The zero-order valence-corrected chi connectivity index (χ0v) is 15.4. The van der Waals surface area contributed by atoms with Gasteiger partial charge in [-0.2, -0.15) is 0 Å². The van der Waals surface area contributed by atoms with Gasteiger partial charge in [-0.3, -0.25) is 14.4 Å². The van der Waals surface area contributed by atoms with E-state index in [4.69, 9.17) is 4.74 Å². The Bertz CT molecular complexity index is 747. The van der Waals surface area contributed by atoms with E-state index >= 15 is 0 Å². The molecule has 6 nitrogen and oxygen atoms in total. The molecule has 0 heterocycles. The Balaban J connectivity index is 1.94. The molecule has 0 aromatic heterocycles. The van der Waals surface area contributed by atoms with E-state index in [1.54, 1.807) is 4.90 Å². The highest BCUT2D eigenvalue weighted by molar-refractivity contribution is 5.83. The Morgan fingerprint density at radius 1 is 0.926 bits per heavy atom. The van der Waals surface area contributed by atoms with Crippen LogP contribution in [0.15, 0.2) is 60.7 Å². The number of carbonyl (C=O) groups is 3. The molecule has 0 spiro atoms. The van der Waals surface area contributed by atoms with Crippen molar-refractivity contribution in [1.29, 1.82) is 0 Å². The van der Waals surface area contributed by atoms with Crippen molar-refractivity contribution in [1.82, 2.24) is 10.2 Å². The molecule has 2 aromatic rings. The minimum absolute atomic E-state index is 0.245. The molecule has 0 saturated carbocycles. The topological polar surface area (TPSA) is 75.7 Å². The number of nitrogens with zero attached hydrogens (tertiary/aromatic N) is 1. The average molecular weight is 368 g/mol. The van der Waals surface area contributed by atoms with Crippen LogP contribution in [0.25, 0.3) is 0 Å². The Labute approximate surface area is 159 Å². The summed E-state index contributed by atoms with van der Waals surface area (Å²) in [4.78, 5) is 36.7.